The fourth-order valence-corrected chi connectivity index (χ4v) is 1.27. The minimum atomic E-state index is -0.188. The third-order valence-electron chi connectivity index (χ3n) is 1.84. The molecule has 0 atom stereocenters. The van der Waals surface area contributed by atoms with Crippen LogP contribution in [0.2, 0.25) is 0 Å². The molecule has 2 nitrogen and oxygen atoms in total. The highest BCUT2D eigenvalue weighted by Gasteiger charge is 2.16. The van der Waals surface area contributed by atoms with Gasteiger partial charge >= 0.3 is 5.97 Å². The molecule has 0 amide bonds. The molecule has 0 aromatic heterocycles. The van der Waals surface area contributed by atoms with Gasteiger partial charge in [0.2, 0.25) is 0 Å². The van der Waals surface area contributed by atoms with Crippen LogP contribution in [0, 0.1) is 0 Å². The third-order valence-corrected chi connectivity index (χ3v) is 1.84. The lowest BCUT2D eigenvalue weighted by Crippen LogP contribution is -2.16. The molecule has 0 saturated carbocycles. The van der Waals surface area contributed by atoms with Crippen LogP contribution >= 0.6 is 12.4 Å². The Morgan fingerprint density at radius 2 is 2.00 bits per heavy atom. The molecule has 0 unspecified atom stereocenters. The van der Waals surface area contributed by atoms with Gasteiger partial charge in [-0.25, -0.2) is 4.79 Å². The van der Waals surface area contributed by atoms with E-state index < -0.39 is 0 Å². The number of benzene rings is 1. The zero-order chi connectivity index (χ0) is 7.68. The molecule has 1 aromatic carbocycles. The van der Waals surface area contributed by atoms with Gasteiger partial charge in [0.05, 0.1) is 12.2 Å². The first-order valence-corrected chi connectivity index (χ1v) is 3.63. The topological polar surface area (TPSA) is 26.3 Å². The maximum atomic E-state index is 11.1. The van der Waals surface area contributed by atoms with Crippen LogP contribution in [0.25, 0.3) is 0 Å². The minimum absolute atomic E-state index is 0. The summed E-state index contributed by atoms with van der Waals surface area (Å²) < 4.78 is 4.87. The molecule has 1 heterocycles. The molecule has 1 aliphatic rings. The Balaban J connectivity index is 0.000000720. The van der Waals surface area contributed by atoms with E-state index in [1.54, 1.807) is 6.07 Å². The van der Waals surface area contributed by atoms with Gasteiger partial charge in [-0.05, 0) is 11.6 Å². The second-order valence-corrected chi connectivity index (χ2v) is 2.54. The molecular weight excluding hydrogens is 176 g/mol. The highest BCUT2D eigenvalue weighted by atomic mass is 35.5. The van der Waals surface area contributed by atoms with E-state index in [0.717, 1.165) is 17.5 Å². The van der Waals surface area contributed by atoms with Crippen molar-refractivity contribution < 1.29 is 9.53 Å². The van der Waals surface area contributed by atoms with Crippen molar-refractivity contribution in [3.8, 4) is 0 Å². The standard InChI is InChI=1S/C9H8O2.ClH/c10-9-8-4-2-1-3-7(8)5-6-11-9;/h1-4H,5-6H2;1H. The molecule has 0 fully saturated rings. The number of hydrogen-bond donors (Lipinski definition) is 0. The van der Waals surface area contributed by atoms with Crippen LogP contribution in [0.1, 0.15) is 15.9 Å². The fourth-order valence-electron chi connectivity index (χ4n) is 1.27. The van der Waals surface area contributed by atoms with E-state index in [-0.39, 0.29) is 18.4 Å². The van der Waals surface area contributed by atoms with E-state index in [9.17, 15) is 4.79 Å². The lowest BCUT2D eigenvalue weighted by Gasteiger charge is -2.14. The molecule has 0 saturated heterocycles. The lowest BCUT2D eigenvalue weighted by atomic mass is 10.0. The lowest BCUT2D eigenvalue weighted by molar-refractivity contribution is 0.0480. The van der Waals surface area contributed by atoms with Gasteiger partial charge in [-0.1, -0.05) is 18.2 Å². The summed E-state index contributed by atoms with van der Waals surface area (Å²) in [7, 11) is 0. The summed E-state index contributed by atoms with van der Waals surface area (Å²) in [6, 6.07) is 7.56. The van der Waals surface area contributed by atoms with Gasteiger partial charge in [0.25, 0.3) is 0 Å². The van der Waals surface area contributed by atoms with Crippen molar-refractivity contribution >= 4 is 18.4 Å². The summed E-state index contributed by atoms with van der Waals surface area (Å²) in [5.74, 6) is -0.188. The van der Waals surface area contributed by atoms with E-state index in [2.05, 4.69) is 0 Å². The second kappa shape index (κ2) is 3.59. The average molecular weight is 185 g/mol. The van der Waals surface area contributed by atoms with E-state index in [4.69, 9.17) is 4.74 Å². The quantitative estimate of drug-likeness (QED) is 0.575. The first-order chi connectivity index (χ1) is 5.38. The SMILES string of the molecule is Cl.O=C1OCCc2ccccc21. The molecule has 2 rings (SSSR count). The minimum Gasteiger partial charge on any atom is -0.462 e. The largest absolute Gasteiger partial charge is 0.462 e. The predicted molar refractivity (Wildman–Crippen MR) is 47.7 cm³/mol. The normalized spacial score (nSPS) is 14.2. The number of esters is 1. The van der Waals surface area contributed by atoms with Gasteiger partial charge in [-0.15, -0.1) is 12.4 Å². The Morgan fingerprint density at radius 3 is 2.75 bits per heavy atom. The Labute approximate surface area is 76.9 Å². The Kier molecular flexibility index (Phi) is 2.71. The van der Waals surface area contributed by atoms with Gasteiger partial charge < -0.3 is 4.74 Å². The monoisotopic (exact) mass is 184 g/mol. The zero-order valence-corrected chi connectivity index (χ0v) is 7.26. The number of cyclic esters (lactones) is 1. The summed E-state index contributed by atoms with van der Waals surface area (Å²) in [5, 5.41) is 0. The molecule has 64 valence electrons. The van der Waals surface area contributed by atoms with Crippen LogP contribution in [0.5, 0.6) is 0 Å². The van der Waals surface area contributed by atoms with Crippen LogP contribution in [-0.4, -0.2) is 12.6 Å². The molecule has 12 heavy (non-hydrogen) atoms. The number of rotatable bonds is 0. The van der Waals surface area contributed by atoms with Gasteiger partial charge in [0, 0.05) is 6.42 Å². The Bertz CT molecular complexity index is 296. The predicted octanol–water partition coefficient (Wildman–Crippen LogP) is 1.82. The summed E-state index contributed by atoms with van der Waals surface area (Å²) in [4.78, 5) is 11.1. The second-order valence-electron chi connectivity index (χ2n) is 2.54. The van der Waals surface area contributed by atoms with E-state index in [0.29, 0.717) is 6.61 Å². The Hall–Kier alpha value is -1.02. The smallest absolute Gasteiger partial charge is 0.338 e. The fraction of sp³-hybridized carbons (Fsp3) is 0.222. The first-order valence-electron chi connectivity index (χ1n) is 3.63. The number of hydrogen-bond acceptors (Lipinski definition) is 2. The van der Waals surface area contributed by atoms with Crippen molar-refractivity contribution in [2.75, 3.05) is 6.61 Å². The number of fused-ring (bicyclic) bond motifs is 1. The maximum absolute atomic E-state index is 11.1. The molecule has 0 aliphatic carbocycles. The first kappa shape index (κ1) is 9.07. The van der Waals surface area contributed by atoms with Crippen LogP contribution in [0.4, 0.5) is 0 Å². The van der Waals surface area contributed by atoms with Gasteiger partial charge in [0.15, 0.2) is 0 Å². The number of carbonyl (C=O) groups excluding carboxylic acids is 1. The summed E-state index contributed by atoms with van der Waals surface area (Å²) in [6.45, 7) is 0.524. The van der Waals surface area contributed by atoms with Crippen molar-refractivity contribution in [1.29, 1.82) is 0 Å². The van der Waals surface area contributed by atoms with E-state index in [1.165, 1.54) is 0 Å². The van der Waals surface area contributed by atoms with Gasteiger partial charge in [-0.3, -0.25) is 0 Å². The summed E-state index contributed by atoms with van der Waals surface area (Å²) >= 11 is 0. The number of halogens is 1. The van der Waals surface area contributed by atoms with Gasteiger partial charge in [0.1, 0.15) is 0 Å². The highest BCUT2D eigenvalue weighted by molar-refractivity contribution is 5.91. The molecule has 0 spiro atoms. The molecule has 1 aliphatic heterocycles. The number of carbonyl (C=O) groups is 1. The molecular formula is C9H9ClO2. The molecule has 3 heteroatoms. The summed E-state index contributed by atoms with van der Waals surface area (Å²) in [6.07, 6.45) is 0.849. The van der Waals surface area contributed by atoms with Crippen molar-refractivity contribution in [1.82, 2.24) is 0 Å². The highest BCUT2D eigenvalue weighted by Crippen LogP contribution is 2.15. The summed E-state index contributed by atoms with van der Waals surface area (Å²) in [5.41, 5.74) is 1.82. The maximum Gasteiger partial charge on any atom is 0.338 e. The van der Waals surface area contributed by atoms with Crippen LogP contribution in [0.3, 0.4) is 0 Å². The Morgan fingerprint density at radius 1 is 1.25 bits per heavy atom. The van der Waals surface area contributed by atoms with E-state index >= 15 is 0 Å². The van der Waals surface area contributed by atoms with Crippen molar-refractivity contribution in [3.63, 3.8) is 0 Å². The van der Waals surface area contributed by atoms with E-state index in [1.807, 2.05) is 18.2 Å². The molecule has 1 aromatic rings. The van der Waals surface area contributed by atoms with Crippen molar-refractivity contribution in [2.45, 2.75) is 6.42 Å². The molecule has 0 bridgehead atoms. The van der Waals surface area contributed by atoms with Crippen molar-refractivity contribution in [2.24, 2.45) is 0 Å². The van der Waals surface area contributed by atoms with Gasteiger partial charge in [-0.2, -0.15) is 0 Å². The average Bonchev–Trinajstić information content (AvgIpc) is 2.06. The third kappa shape index (κ3) is 1.43. The van der Waals surface area contributed by atoms with Crippen LogP contribution in [0.15, 0.2) is 24.3 Å². The van der Waals surface area contributed by atoms with Crippen molar-refractivity contribution in [3.05, 3.63) is 35.4 Å². The number of ether oxygens (including phenoxy) is 1. The zero-order valence-electron chi connectivity index (χ0n) is 6.45. The van der Waals surface area contributed by atoms with Crippen LogP contribution < -0.4 is 0 Å². The molecule has 0 radical (unpaired) electrons. The van der Waals surface area contributed by atoms with Crippen LogP contribution in [-0.2, 0) is 11.2 Å². The molecule has 0 N–H and O–H groups in total.